The van der Waals surface area contributed by atoms with E-state index in [1.54, 1.807) is 4.68 Å². The first-order chi connectivity index (χ1) is 7.15. The molecule has 0 saturated heterocycles. The molecule has 1 aromatic heterocycles. The smallest absolute Gasteiger partial charge is 0.170 e. The van der Waals surface area contributed by atoms with Crippen LogP contribution in [0.1, 0.15) is 25.8 Å². The van der Waals surface area contributed by atoms with E-state index in [2.05, 4.69) is 18.1 Å². The lowest BCUT2D eigenvalue weighted by Crippen LogP contribution is -2.17. The third-order valence-corrected chi connectivity index (χ3v) is 2.36. The Morgan fingerprint density at radius 3 is 2.67 bits per heavy atom. The van der Waals surface area contributed by atoms with Crippen molar-refractivity contribution in [2.24, 2.45) is 0 Å². The SMILES string of the molecule is CCCn1nc(N(C)CC)c(C#N)c1N. The molecule has 2 N–H and O–H groups in total. The average Bonchev–Trinajstić information content (AvgIpc) is 2.55. The number of aryl methyl sites for hydroxylation is 1. The van der Waals surface area contributed by atoms with Crippen molar-refractivity contribution in [2.75, 3.05) is 24.2 Å². The topological polar surface area (TPSA) is 70.9 Å². The van der Waals surface area contributed by atoms with Crippen LogP contribution in [0.5, 0.6) is 0 Å². The van der Waals surface area contributed by atoms with Crippen LogP contribution in [-0.2, 0) is 6.54 Å². The first-order valence-electron chi connectivity index (χ1n) is 5.13. The molecule has 0 fully saturated rings. The van der Waals surface area contributed by atoms with Gasteiger partial charge in [0, 0.05) is 20.1 Å². The fraction of sp³-hybridized carbons (Fsp3) is 0.600. The molecule has 1 aromatic rings. The number of nitriles is 1. The van der Waals surface area contributed by atoms with Gasteiger partial charge >= 0.3 is 0 Å². The van der Waals surface area contributed by atoms with Gasteiger partial charge in [-0.2, -0.15) is 10.4 Å². The van der Waals surface area contributed by atoms with Crippen molar-refractivity contribution in [1.82, 2.24) is 9.78 Å². The van der Waals surface area contributed by atoms with E-state index in [0.717, 1.165) is 19.5 Å². The van der Waals surface area contributed by atoms with Crippen molar-refractivity contribution < 1.29 is 0 Å². The third kappa shape index (κ3) is 2.04. The number of rotatable bonds is 4. The van der Waals surface area contributed by atoms with Crippen LogP contribution in [0.25, 0.3) is 0 Å². The monoisotopic (exact) mass is 207 g/mol. The van der Waals surface area contributed by atoms with Crippen molar-refractivity contribution in [3.05, 3.63) is 5.56 Å². The normalized spacial score (nSPS) is 10.0. The zero-order valence-corrected chi connectivity index (χ0v) is 9.49. The summed E-state index contributed by atoms with van der Waals surface area (Å²) in [7, 11) is 1.90. The lowest BCUT2D eigenvalue weighted by Gasteiger charge is -2.12. The van der Waals surface area contributed by atoms with Crippen LogP contribution in [0.15, 0.2) is 0 Å². The van der Waals surface area contributed by atoms with E-state index in [9.17, 15) is 0 Å². The first-order valence-corrected chi connectivity index (χ1v) is 5.13. The minimum atomic E-state index is 0.467. The van der Waals surface area contributed by atoms with Gasteiger partial charge in [-0.15, -0.1) is 0 Å². The van der Waals surface area contributed by atoms with Crippen molar-refractivity contribution in [3.63, 3.8) is 0 Å². The fourth-order valence-corrected chi connectivity index (χ4v) is 1.37. The average molecular weight is 207 g/mol. The summed E-state index contributed by atoms with van der Waals surface area (Å²) in [5.41, 5.74) is 6.32. The Kier molecular flexibility index (Phi) is 3.56. The molecule has 5 heteroatoms. The maximum atomic E-state index is 9.02. The van der Waals surface area contributed by atoms with Crippen LogP contribution in [0.3, 0.4) is 0 Å². The van der Waals surface area contributed by atoms with Gasteiger partial charge in [-0.05, 0) is 13.3 Å². The Bertz CT molecular complexity index is 374. The van der Waals surface area contributed by atoms with E-state index in [1.807, 2.05) is 18.9 Å². The molecular formula is C10H17N5. The number of anilines is 2. The molecule has 0 spiro atoms. The second-order valence-corrected chi connectivity index (χ2v) is 3.43. The summed E-state index contributed by atoms with van der Waals surface area (Å²) in [4.78, 5) is 1.92. The lowest BCUT2D eigenvalue weighted by molar-refractivity contribution is 0.609. The van der Waals surface area contributed by atoms with E-state index in [0.29, 0.717) is 17.2 Å². The van der Waals surface area contributed by atoms with Gasteiger partial charge in [-0.3, -0.25) is 0 Å². The largest absolute Gasteiger partial charge is 0.383 e. The molecule has 0 radical (unpaired) electrons. The summed E-state index contributed by atoms with van der Waals surface area (Å²) in [5, 5.41) is 13.4. The second kappa shape index (κ2) is 4.69. The zero-order chi connectivity index (χ0) is 11.4. The molecular weight excluding hydrogens is 190 g/mol. The van der Waals surface area contributed by atoms with Crippen LogP contribution in [0, 0.1) is 11.3 Å². The highest BCUT2D eigenvalue weighted by atomic mass is 15.4. The number of nitrogens with zero attached hydrogens (tertiary/aromatic N) is 4. The molecule has 0 aliphatic rings. The van der Waals surface area contributed by atoms with Gasteiger partial charge < -0.3 is 10.6 Å². The Morgan fingerprint density at radius 2 is 2.20 bits per heavy atom. The lowest BCUT2D eigenvalue weighted by atomic mass is 10.3. The molecule has 0 aromatic carbocycles. The van der Waals surface area contributed by atoms with Crippen LogP contribution in [0.4, 0.5) is 11.6 Å². The molecule has 0 aliphatic heterocycles. The van der Waals surface area contributed by atoms with Gasteiger partial charge in [0.15, 0.2) is 5.82 Å². The molecule has 0 unspecified atom stereocenters. The Labute approximate surface area is 90.1 Å². The number of hydrogen-bond donors (Lipinski definition) is 1. The van der Waals surface area contributed by atoms with Crippen LogP contribution >= 0.6 is 0 Å². The van der Waals surface area contributed by atoms with E-state index in [-0.39, 0.29) is 0 Å². The van der Waals surface area contributed by atoms with Crippen molar-refractivity contribution >= 4 is 11.6 Å². The predicted octanol–water partition coefficient (Wildman–Crippen LogP) is 1.20. The van der Waals surface area contributed by atoms with Gasteiger partial charge in [-0.1, -0.05) is 6.92 Å². The summed E-state index contributed by atoms with van der Waals surface area (Å²) >= 11 is 0. The summed E-state index contributed by atoms with van der Waals surface area (Å²) in [6, 6.07) is 2.11. The Morgan fingerprint density at radius 1 is 1.53 bits per heavy atom. The Balaban J connectivity index is 3.17. The quantitative estimate of drug-likeness (QED) is 0.805. The van der Waals surface area contributed by atoms with Gasteiger partial charge in [0.25, 0.3) is 0 Å². The van der Waals surface area contributed by atoms with E-state index >= 15 is 0 Å². The minimum absolute atomic E-state index is 0.467. The predicted molar refractivity (Wildman–Crippen MR) is 60.6 cm³/mol. The number of hydrogen-bond acceptors (Lipinski definition) is 4. The van der Waals surface area contributed by atoms with E-state index in [1.165, 1.54) is 0 Å². The summed E-state index contributed by atoms with van der Waals surface area (Å²) in [6.07, 6.45) is 0.950. The van der Waals surface area contributed by atoms with Gasteiger partial charge in [-0.25, -0.2) is 4.68 Å². The fourth-order valence-electron chi connectivity index (χ4n) is 1.37. The summed E-state index contributed by atoms with van der Waals surface area (Å²) < 4.78 is 1.69. The van der Waals surface area contributed by atoms with Crippen LogP contribution in [-0.4, -0.2) is 23.4 Å². The minimum Gasteiger partial charge on any atom is -0.383 e. The molecule has 0 aliphatic carbocycles. The molecule has 1 rings (SSSR count). The number of nitrogens with two attached hydrogens (primary N) is 1. The summed E-state index contributed by atoms with van der Waals surface area (Å²) in [6.45, 7) is 5.61. The first kappa shape index (κ1) is 11.4. The molecule has 0 saturated carbocycles. The maximum absolute atomic E-state index is 9.02. The van der Waals surface area contributed by atoms with Gasteiger partial charge in [0.2, 0.25) is 0 Å². The zero-order valence-electron chi connectivity index (χ0n) is 9.49. The molecule has 1 heterocycles. The summed E-state index contributed by atoms with van der Waals surface area (Å²) in [5.74, 6) is 1.14. The molecule has 5 nitrogen and oxygen atoms in total. The Hall–Kier alpha value is -1.70. The van der Waals surface area contributed by atoms with Crippen molar-refractivity contribution in [1.29, 1.82) is 5.26 Å². The highest BCUT2D eigenvalue weighted by Crippen LogP contribution is 2.23. The van der Waals surface area contributed by atoms with Gasteiger partial charge in [0.05, 0.1) is 0 Å². The highest BCUT2D eigenvalue weighted by Gasteiger charge is 2.17. The van der Waals surface area contributed by atoms with Crippen molar-refractivity contribution in [2.45, 2.75) is 26.8 Å². The molecule has 0 amide bonds. The molecule has 82 valence electrons. The van der Waals surface area contributed by atoms with Gasteiger partial charge in [0.1, 0.15) is 17.5 Å². The van der Waals surface area contributed by atoms with E-state index < -0.39 is 0 Å². The van der Waals surface area contributed by atoms with E-state index in [4.69, 9.17) is 11.0 Å². The highest BCUT2D eigenvalue weighted by molar-refractivity contribution is 5.64. The molecule has 0 bridgehead atoms. The maximum Gasteiger partial charge on any atom is 0.170 e. The van der Waals surface area contributed by atoms with Crippen LogP contribution in [0.2, 0.25) is 0 Å². The second-order valence-electron chi connectivity index (χ2n) is 3.43. The third-order valence-electron chi connectivity index (χ3n) is 2.36. The number of nitrogen functional groups attached to an aromatic ring is 1. The van der Waals surface area contributed by atoms with Crippen molar-refractivity contribution in [3.8, 4) is 6.07 Å². The standard InChI is InChI=1S/C10H17N5/c1-4-6-15-9(12)8(7-11)10(13-15)14(3)5-2/h4-6,12H2,1-3H3. The van der Waals surface area contributed by atoms with Crippen LogP contribution < -0.4 is 10.6 Å². The number of aromatic nitrogens is 2. The molecule has 15 heavy (non-hydrogen) atoms. The molecule has 0 atom stereocenters.